The summed E-state index contributed by atoms with van der Waals surface area (Å²) in [4.78, 5) is 11.4. The molecule has 0 saturated carbocycles. The molecule has 0 fully saturated rings. The third-order valence-corrected chi connectivity index (χ3v) is 2.18. The molecule has 0 atom stereocenters. The highest BCUT2D eigenvalue weighted by Crippen LogP contribution is 2.07. The van der Waals surface area contributed by atoms with Gasteiger partial charge >= 0.3 is 6.09 Å². The number of nitrogens with one attached hydrogen (secondary N) is 2. The zero-order valence-electron chi connectivity index (χ0n) is 9.22. The van der Waals surface area contributed by atoms with Crippen molar-refractivity contribution in [3.05, 3.63) is 48.3 Å². The van der Waals surface area contributed by atoms with E-state index in [2.05, 4.69) is 15.5 Å². The molecule has 88 valence electrons. The fraction of sp³-hybridized carbons (Fsp3) is 0.167. The van der Waals surface area contributed by atoms with Crippen LogP contribution < -0.4 is 10.1 Å². The maximum atomic E-state index is 11.4. The molecule has 1 heterocycles. The Morgan fingerprint density at radius 1 is 1.29 bits per heavy atom. The number of hydrogen-bond donors (Lipinski definition) is 2. The van der Waals surface area contributed by atoms with Crippen molar-refractivity contribution in [2.75, 3.05) is 6.54 Å². The summed E-state index contributed by atoms with van der Waals surface area (Å²) in [6, 6.07) is 10.8. The summed E-state index contributed by atoms with van der Waals surface area (Å²) in [5.41, 5.74) is 0.977. The first-order chi connectivity index (χ1) is 8.34. The Bertz CT molecular complexity index is 454. The van der Waals surface area contributed by atoms with Gasteiger partial charge in [-0.3, -0.25) is 5.10 Å². The normalized spacial score (nSPS) is 9.88. The van der Waals surface area contributed by atoms with Crippen molar-refractivity contribution in [2.45, 2.75) is 6.42 Å². The quantitative estimate of drug-likeness (QED) is 0.842. The van der Waals surface area contributed by atoms with E-state index in [-0.39, 0.29) is 0 Å². The lowest BCUT2D eigenvalue weighted by molar-refractivity contribution is 0.200. The molecule has 2 N–H and O–H groups in total. The van der Waals surface area contributed by atoms with Crippen LogP contribution in [0.5, 0.6) is 5.75 Å². The van der Waals surface area contributed by atoms with Gasteiger partial charge in [-0.05, 0) is 18.2 Å². The molecule has 2 aromatic rings. The minimum atomic E-state index is -0.448. The maximum absolute atomic E-state index is 11.4. The van der Waals surface area contributed by atoms with Crippen LogP contribution in [0.2, 0.25) is 0 Å². The average Bonchev–Trinajstić information content (AvgIpc) is 2.83. The minimum absolute atomic E-state index is 0.448. The van der Waals surface area contributed by atoms with Gasteiger partial charge in [0.2, 0.25) is 0 Å². The van der Waals surface area contributed by atoms with Crippen molar-refractivity contribution in [3.63, 3.8) is 0 Å². The zero-order valence-corrected chi connectivity index (χ0v) is 9.22. The Labute approximate surface area is 98.8 Å². The molecule has 17 heavy (non-hydrogen) atoms. The predicted molar refractivity (Wildman–Crippen MR) is 62.8 cm³/mol. The molecular formula is C12H13N3O2. The highest BCUT2D eigenvalue weighted by atomic mass is 16.5. The second-order valence-electron chi connectivity index (χ2n) is 3.46. The number of benzene rings is 1. The minimum Gasteiger partial charge on any atom is -0.410 e. The summed E-state index contributed by atoms with van der Waals surface area (Å²) in [5, 5.41) is 9.30. The lowest BCUT2D eigenvalue weighted by atomic mass is 10.3. The summed E-state index contributed by atoms with van der Waals surface area (Å²) in [6.07, 6.45) is 1.93. The van der Waals surface area contributed by atoms with Crippen molar-refractivity contribution in [1.29, 1.82) is 0 Å². The first-order valence-corrected chi connectivity index (χ1v) is 5.33. The van der Waals surface area contributed by atoms with E-state index < -0.39 is 6.09 Å². The first-order valence-electron chi connectivity index (χ1n) is 5.33. The smallest absolute Gasteiger partial charge is 0.410 e. The summed E-state index contributed by atoms with van der Waals surface area (Å²) in [5.74, 6) is 0.534. The van der Waals surface area contributed by atoms with Gasteiger partial charge < -0.3 is 10.1 Å². The van der Waals surface area contributed by atoms with Gasteiger partial charge in [0.05, 0.1) is 0 Å². The number of hydrogen-bond acceptors (Lipinski definition) is 3. The van der Waals surface area contributed by atoms with Crippen LogP contribution in [0.3, 0.4) is 0 Å². The fourth-order valence-electron chi connectivity index (χ4n) is 1.35. The number of amides is 1. The molecule has 0 aliphatic heterocycles. The maximum Gasteiger partial charge on any atom is 0.412 e. The SMILES string of the molecule is O=C(NCCc1ccn[nH]1)Oc1ccccc1. The number of aromatic nitrogens is 2. The number of para-hydroxylation sites is 1. The molecule has 0 aliphatic carbocycles. The summed E-state index contributed by atoms with van der Waals surface area (Å²) < 4.78 is 5.06. The zero-order chi connectivity index (χ0) is 11.9. The van der Waals surface area contributed by atoms with Crippen LogP contribution >= 0.6 is 0 Å². The Morgan fingerprint density at radius 3 is 2.82 bits per heavy atom. The van der Waals surface area contributed by atoms with E-state index >= 15 is 0 Å². The van der Waals surface area contributed by atoms with Gasteiger partial charge in [-0.25, -0.2) is 4.79 Å². The molecule has 1 aromatic heterocycles. The van der Waals surface area contributed by atoms with E-state index in [1.807, 2.05) is 24.3 Å². The Morgan fingerprint density at radius 2 is 2.12 bits per heavy atom. The lowest BCUT2D eigenvalue weighted by Gasteiger charge is -2.05. The van der Waals surface area contributed by atoms with Crippen molar-refractivity contribution < 1.29 is 9.53 Å². The molecule has 1 amide bonds. The highest BCUT2D eigenvalue weighted by Gasteiger charge is 2.03. The van der Waals surface area contributed by atoms with Gasteiger partial charge in [-0.1, -0.05) is 18.2 Å². The molecular weight excluding hydrogens is 218 g/mol. The van der Waals surface area contributed by atoms with Crippen LogP contribution in [0.4, 0.5) is 4.79 Å². The van der Waals surface area contributed by atoms with E-state index in [9.17, 15) is 4.79 Å². The van der Waals surface area contributed by atoms with E-state index in [1.54, 1.807) is 18.3 Å². The molecule has 0 bridgehead atoms. The fourth-order valence-corrected chi connectivity index (χ4v) is 1.35. The molecule has 5 heteroatoms. The molecule has 0 radical (unpaired) electrons. The second-order valence-corrected chi connectivity index (χ2v) is 3.46. The molecule has 0 spiro atoms. The number of ether oxygens (including phenoxy) is 1. The van der Waals surface area contributed by atoms with Crippen LogP contribution in [-0.4, -0.2) is 22.8 Å². The molecule has 0 aliphatic rings. The van der Waals surface area contributed by atoms with E-state index in [0.29, 0.717) is 18.7 Å². The van der Waals surface area contributed by atoms with Gasteiger partial charge in [-0.15, -0.1) is 0 Å². The number of H-pyrrole nitrogens is 1. The summed E-state index contributed by atoms with van der Waals surface area (Å²) >= 11 is 0. The number of nitrogens with zero attached hydrogens (tertiary/aromatic N) is 1. The van der Waals surface area contributed by atoms with Crippen molar-refractivity contribution >= 4 is 6.09 Å². The van der Waals surface area contributed by atoms with Crippen LogP contribution in [-0.2, 0) is 6.42 Å². The number of carbonyl (C=O) groups excluding carboxylic acids is 1. The molecule has 0 unspecified atom stereocenters. The van der Waals surface area contributed by atoms with Crippen LogP contribution in [0.25, 0.3) is 0 Å². The first kappa shape index (κ1) is 11.2. The lowest BCUT2D eigenvalue weighted by Crippen LogP contribution is -2.28. The molecule has 2 rings (SSSR count). The number of aromatic amines is 1. The van der Waals surface area contributed by atoms with E-state index in [0.717, 1.165) is 5.69 Å². The van der Waals surface area contributed by atoms with Gasteiger partial charge in [0.15, 0.2) is 0 Å². The van der Waals surface area contributed by atoms with Gasteiger partial charge in [0.25, 0.3) is 0 Å². The van der Waals surface area contributed by atoms with Crippen molar-refractivity contribution in [2.24, 2.45) is 0 Å². The third kappa shape index (κ3) is 3.64. The van der Waals surface area contributed by atoms with Gasteiger partial charge in [0.1, 0.15) is 5.75 Å². The monoisotopic (exact) mass is 231 g/mol. The third-order valence-electron chi connectivity index (χ3n) is 2.18. The van der Waals surface area contributed by atoms with Crippen LogP contribution in [0, 0.1) is 0 Å². The summed E-state index contributed by atoms with van der Waals surface area (Å²) in [6.45, 7) is 0.508. The predicted octanol–water partition coefficient (Wildman–Crippen LogP) is 1.74. The van der Waals surface area contributed by atoms with E-state index in [1.165, 1.54) is 0 Å². The molecule has 5 nitrogen and oxygen atoms in total. The second kappa shape index (κ2) is 5.69. The van der Waals surface area contributed by atoms with Gasteiger partial charge in [0, 0.05) is 24.9 Å². The number of carbonyl (C=O) groups is 1. The van der Waals surface area contributed by atoms with E-state index in [4.69, 9.17) is 4.74 Å². The van der Waals surface area contributed by atoms with Crippen LogP contribution in [0.1, 0.15) is 5.69 Å². The summed E-state index contributed by atoms with van der Waals surface area (Å²) in [7, 11) is 0. The standard InChI is InChI=1S/C12H13N3O2/c16-12(17-11-4-2-1-3-5-11)13-8-6-10-7-9-14-15-10/h1-5,7,9H,6,8H2,(H,13,16)(H,14,15). The largest absolute Gasteiger partial charge is 0.412 e. The Balaban J connectivity index is 1.71. The highest BCUT2D eigenvalue weighted by molar-refractivity contribution is 5.70. The Hall–Kier alpha value is -2.30. The topological polar surface area (TPSA) is 67.0 Å². The van der Waals surface area contributed by atoms with Crippen molar-refractivity contribution in [3.8, 4) is 5.75 Å². The average molecular weight is 231 g/mol. The van der Waals surface area contributed by atoms with Gasteiger partial charge in [-0.2, -0.15) is 5.10 Å². The molecule has 0 saturated heterocycles. The molecule has 1 aromatic carbocycles. The number of rotatable bonds is 4. The van der Waals surface area contributed by atoms with Crippen LogP contribution in [0.15, 0.2) is 42.6 Å². The Kier molecular flexibility index (Phi) is 3.75. The van der Waals surface area contributed by atoms with Crippen molar-refractivity contribution in [1.82, 2.24) is 15.5 Å².